The van der Waals surface area contributed by atoms with Crippen LogP contribution < -0.4 is 11.1 Å². The molecule has 0 atom stereocenters. The van der Waals surface area contributed by atoms with Crippen molar-refractivity contribution in [3.05, 3.63) is 24.0 Å². The van der Waals surface area contributed by atoms with Gasteiger partial charge in [0, 0.05) is 12.1 Å². The summed E-state index contributed by atoms with van der Waals surface area (Å²) in [6, 6.07) is 3.91. The second-order valence-corrected chi connectivity index (χ2v) is 4.54. The van der Waals surface area contributed by atoms with Crippen LogP contribution in [0, 0.1) is 5.82 Å². The van der Waals surface area contributed by atoms with Gasteiger partial charge in [-0.1, -0.05) is 0 Å². The number of carbonyl (C=O) groups excluding carboxylic acids is 1. The minimum Gasteiger partial charge on any atom is -0.396 e. The molecule has 0 aliphatic heterocycles. The van der Waals surface area contributed by atoms with E-state index >= 15 is 0 Å². The lowest BCUT2D eigenvalue weighted by molar-refractivity contribution is -0.116. The molecule has 0 radical (unpaired) electrons. The van der Waals surface area contributed by atoms with Gasteiger partial charge in [0.15, 0.2) is 0 Å². The molecule has 0 unspecified atom stereocenters. The Balaban J connectivity index is 2.31. The molecule has 4 nitrogen and oxygen atoms in total. The summed E-state index contributed by atoms with van der Waals surface area (Å²) < 4.78 is 37.1. The predicted octanol–water partition coefficient (Wildman–Crippen LogP) is 2.32. The fourth-order valence-corrected chi connectivity index (χ4v) is 1.68. The second-order valence-electron chi connectivity index (χ2n) is 4.54. The van der Waals surface area contributed by atoms with Gasteiger partial charge in [-0.2, -0.15) is 0 Å². The normalized spacial score (nSPS) is 11.1. The summed E-state index contributed by atoms with van der Waals surface area (Å²) in [6.45, 7) is 0.0967. The summed E-state index contributed by atoms with van der Waals surface area (Å²) >= 11 is 0. The number of nitrogens with zero attached hydrogens (tertiary/aromatic N) is 1. The number of benzene rings is 1. The van der Waals surface area contributed by atoms with E-state index in [9.17, 15) is 18.0 Å². The summed E-state index contributed by atoms with van der Waals surface area (Å²) in [5.41, 5.74) is 5.75. The van der Waals surface area contributed by atoms with E-state index in [4.69, 9.17) is 5.73 Å². The van der Waals surface area contributed by atoms with E-state index in [0.717, 1.165) is 0 Å². The molecule has 20 heavy (non-hydrogen) atoms. The molecule has 0 aromatic heterocycles. The average Bonchev–Trinajstić information content (AvgIpc) is 2.33. The van der Waals surface area contributed by atoms with Crippen LogP contribution in [0.1, 0.15) is 12.8 Å². The fraction of sp³-hybridized carbons (Fsp3) is 0.462. The Hall–Kier alpha value is -1.76. The maximum atomic E-state index is 12.9. The standard InChI is InChI=1S/C13H18F3N3O/c1-19(8-12(15)16)6-2-3-13(20)18-9-4-5-10(14)11(17)7-9/h4-5,7,12H,2-3,6,8,17H2,1H3,(H,18,20). The molecule has 1 rings (SSSR count). The van der Waals surface area contributed by atoms with Crippen molar-refractivity contribution in [1.82, 2.24) is 4.90 Å². The van der Waals surface area contributed by atoms with Gasteiger partial charge in [-0.15, -0.1) is 0 Å². The highest BCUT2D eigenvalue weighted by molar-refractivity contribution is 5.91. The molecule has 1 aromatic rings. The molecular formula is C13H18F3N3O. The molecule has 7 heteroatoms. The van der Waals surface area contributed by atoms with Crippen molar-refractivity contribution >= 4 is 17.3 Å². The number of halogens is 3. The van der Waals surface area contributed by atoms with E-state index < -0.39 is 12.2 Å². The Morgan fingerprint density at radius 2 is 2.15 bits per heavy atom. The van der Waals surface area contributed by atoms with Gasteiger partial charge in [0.2, 0.25) is 5.91 Å². The molecule has 0 aliphatic rings. The SMILES string of the molecule is CN(CCCC(=O)Nc1ccc(F)c(N)c1)CC(F)F. The van der Waals surface area contributed by atoms with E-state index in [1.807, 2.05) is 0 Å². The van der Waals surface area contributed by atoms with Gasteiger partial charge in [0.1, 0.15) is 5.82 Å². The number of anilines is 2. The van der Waals surface area contributed by atoms with Gasteiger partial charge >= 0.3 is 0 Å². The summed E-state index contributed by atoms with van der Waals surface area (Å²) in [6.07, 6.45) is -1.72. The van der Waals surface area contributed by atoms with E-state index in [2.05, 4.69) is 5.32 Å². The van der Waals surface area contributed by atoms with E-state index in [-0.39, 0.29) is 24.6 Å². The highest BCUT2D eigenvalue weighted by Crippen LogP contribution is 2.16. The number of carbonyl (C=O) groups is 1. The summed E-state index contributed by atoms with van der Waals surface area (Å²) in [7, 11) is 1.57. The van der Waals surface area contributed by atoms with Crippen molar-refractivity contribution < 1.29 is 18.0 Å². The smallest absolute Gasteiger partial charge is 0.251 e. The van der Waals surface area contributed by atoms with Crippen molar-refractivity contribution in [3.8, 4) is 0 Å². The summed E-state index contributed by atoms with van der Waals surface area (Å²) in [5, 5.41) is 2.57. The topological polar surface area (TPSA) is 58.4 Å². The number of nitrogens with two attached hydrogens (primary N) is 1. The number of alkyl halides is 2. The minimum absolute atomic E-state index is 0.0422. The molecule has 0 saturated carbocycles. The van der Waals surface area contributed by atoms with Crippen LogP contribution in [-0.4, -0.2) is 37.4 Å². The first kappa shape index (κ1) is 16.3. The molecule has 0 saturated heterocycles. The van der Waals surface area contributed by atoms with Crippen LogP contribution in [0.15, 0.2) is 18.2 Å². The number of rotatable bonds is 7. The Kier molecular flexibility index (Phi) is 6.30. The Labute approximate surface area is 115 Å². The zero-order valence-electron chi connectivity index (χ0n) is 11.2. The molecule has 112 valence electrons. The number of hydrogen-bond acceptors (Lipinski definition) is 3. The summed E-state index contributed by atoms with van der Waals surface area (Å²) in [5.74, 6) is -0.807. The first-order valence-electron chi connectivity index (χ1n) is 6.20. The highest BCUT2D eigenvalue weighted by atomic mass is 19.3. The first-order chi connectivity index (χ1) is 9.38. The van der Waals surface area contributed by atoms with Gasteiger partial charge < -0.3 is 16.0 Å². The van der Waals surface area contributed by atoms with Crippen LogP contribution in [0.25, 0.3) is 0 Å². The molecule has 1 amide bonds. The monoisotopic (exact) mass is 289 g/mol. The van der Waals surface area contributed by atoms with Crippen LogP contribution in [0.3, 0.4) is 0 Å². The van der Waals surface area contributed by atoms with Gasteiger partial charge in [0.25, 0.3) is 6.43 Å². The molecule has 0 spiro atoms. The van der Waals surface area contributed by atoms with Crippen LogP contribution in [-0.2, 0) is 4.79 Å². The lowest BCUT2D eigenvalue weighted by Gasteiger charge is -2.15. The highest BCUT2D eigenvalue weighted by Gasteiger charge is 2.09. The molecular weight excluding hydrogens is 271 g/mol. The zero-order valence-corrected chi connectivity index (χ0v) is 11.2. The van der Waals surface area contributed by atoms with Crippen LogP contribution >= 0.6 is 0 Å². The summed E-state index contributed by atoms with van der Waals surface area (Å²) in [4.78, 5) is 13.1. The average molecular weight is 289 g/mol. The van der Waals surface area contributed by atoms with Crippen molar-refractivity contribution in [2.45, 2.75) is 19.3 Å². The Bertz CT molecular complexity index is 454. The zero-order chi connectivity index (χ0) is 15.1. The predicted molar refractivity (Wildman–Crippen MR) is 72.2 cm³/mol. The maximum absolute atomic E-state index is 12.9. The third-order valence-electron chi connectivity index (χ3n) is 2.67. The second kappa shape index (κ2) is 7.74. The molecule has 0 bridgehead atoms. The number of nitrogens with one attached hydrogen (secondary N) is 1. The fourth-order valence-electron chi connectivity index (χ4n) is 1.68. The maximum Gasteiger partial charge on any atom is 0.251 e. The van der Waals surface area contributed by atoms with Gasteiger partial charge in [0.05, 0.1) is 12.2 Å². The molecule has 1 aromatic carbocycles. The quantitative estimate of drug-likeness (QED) is 0.757. The van der Waals surface area contributed by atoms with Crippen molar-refractivity contribution in [3.63, 3.8) is 0 Å². The number of nitrogen functional groups attached to an aromatic ring is 1. The lowest BCUT2D eigenvalue weighted by Crippen LogP contribution is -2.26. The van der Waals surface area contributed by atoms with Crippen molar-refractivity contribution in [1.29, 1.82) is 0 Å². The first-order valence-corrected chi connectivity index (χ1v) is 6.20. The van der Waals surface area contributed by atoms with Gasteiger partial charge in [-0.05, 0) is 38.2 Å². The third kappa shape index (κ3) is 5.92. The van der Waals surface area contributed by atoms with Crippen LogP contribution in [0.5, 0.6) is 0 Å². The van der Waals surface area contributed by atoms with Gasteiger partial charge in [-0.25, -0.2) is 13.2 Å². The molecule has 0 heterocycles. The van der Waals surface area contributed by atoms with Crippen LogP contribution in [0.4, 0.5) is 24.5 Å². The Morgan fingerprint density at radius 1 is 1.45 bits per heavy atom. The third-order valence-corrected chi connectivity index (χ3v) is 2.67. The molecule has 3 N–H and O–H groups in total. The molecule has 0 aliphatic carbocycles. The van der Waals surface area contributed by atoms with Crippen molar-refractivity contribution in [2.75, 3.05) is 31.2 Å². The Morgan fingerprint density at radius 3 is 2.75 bits per heavy atom. The number of amides is 1. The van der Waals surface area contributed by atoms with Gasteiger partial charge in [-0.3, -0.25) is 4.79 Å². The van der Waals surface area contributed by atoms with E-state index in [0.29, 0.717) is 18.7 Å². The van der Waals surface area contributed by atoms with E-state index in [1.54, 1.807) is 7.05 Å². The largest absolute Gasteiger partial charge is 0.396 e. The van der Waals surface area contributed by atoms with Crippen molar-refractivity contribution in [2.24, 2.45) is 0 Å². The lowest BCUT2D eigenvalue weighted by atomic mass is 10.2. The molecule has 0 fully saturated rings. The van der Waals surface area contributed by atoms with E-state index in [1.165, 1.54) is 23.1 Å². The number of hydrogen-bond donors (Lipinski definition) is 2. The minimum atomic E-state index is -2.38. The van der Waals surface area contributed by atoms with Crippen LogP contribution in [0.2, 0.25) is 0 Å².